The molecular weight excluding hydrogens is 519 g/mol. The Morgan fingerprint density at radius 1 is 1.11 bits per heavy atom. The SMILES string of the molecule is CC(=O)N1CCP(=O)(c2cc3c4nc(nc3cc2F)CCCCc2c(cccc2C(F)(F)F)[C@@H](C)N4)CC1. The predicted octanol–water partition coefficient (Wildman–Crippen LogP) is 5.69. The number of carbonyl (C=O) groups excluding carboxylic acids is 1. The van der Waals surface area contributed by atoms with E-state index >= 15 is 4.39 Å². The Kier molecular flexibility index (Phi) is 6.97. The number of alkyl halides is 3. The second kappa shape index (κ2) is 9.95. The van der Waals surface area contributed by atoms with E-state index in [0.717, 1.165) is 6.07 Å². The van der Waals surface area contributed by atoms with E-state index in [2.05, 4.69) is 15.3 Å². The molecule has 1 saturated heterocycles. The highest BCUT2D eigenvalue weighted by atomic mass is 31.2. The van der Waals surface area contributed by atoms with Crippen LogP contribution in [0.25, 0.3) is 10.9 Å². The third-order valence-electron chi connectivity index (χ3n) is 7.57. The second-order valence-electron chi connectivity index (χ2n) is 10.1. The molecule has 202 valence electrons. The maximum absolute atomic E-state index is 15.4. The van der Waals surface area contributed by atoms with Crippen molar-refractivity contribution in [2.45, 2.75) is 51.7 Å². The number of nitrogens with one attached hydrogen (secondary N) is 1. The van der Waals surface area contributed by atoms with Gasteiger partial charge in [0.05, 0.1) is 17.1 Å². The van der Waals surface area contributed by atoms with Crippen molar-refractivity contribution in [2.75, 3.05) is 30.7 Å². The number of hydrogen-bond donors (Lipinski definition) is 1. The summed E-state index contributed by atoms with van der Waals surface area (Å²) in [5.74, 6) is 0.133. The standard InChI is InChI=1S/C27H29F4N4O2P/c1-16-18-7-5-8-21(27(29,30)31)19(18)6-3-4-9-25-33-23-15-22(28)24(14-20(23)26(32-16)34-25)38(37)12-10-35(11-13-38)17(2)36/h5,7-8,14-16H,3-4,6,9-13H2,1-2H3,(H,32,33,34)/t16-/m1/s1. The smallest absolute Gasteiger partial charge is 0.363 e. The summed E-state index contributed by atoms with van der Waals surface area (Å²) in [5.41, 5.74) is 0.510. The third-order valence-corrected chi connectivity index (χ3v) is 10.6. The number of rotatable bonds is 1. The van der Waals surface area contributed by atoms with Crippen LogP contribution in [-0.2, 0) is 28.4 Å². The molecule has 2 aliphatic heterocycles. The average molecular weight is 549 g/mol. The van der Waals surface area contributed by atoms with E-state index in [1.807, 2.05) is 0 Å². The van der Waals surface area contributed by atoms with Gasteiger partial charge in [0, 0.05) is 55.5 Å². The summed E-state index contributed by atoms with van der Waals surface area (Å²) < 4.78 is 70.7. The van der Waals surface area contributed by atoms with Crippen molar-refractivity contribution in [3.8, 4) is 0 Å². The molecule has 2 bridgehead atoms. The third kappa shape index (κ3) is 5.03. The van der Waals surface area contributed by atoms with Gasteiger partial charge in [-0.2, -0.15) is 13.2 Å². The van der Waals surface area contributed by atoms with Crippen LogP contribution in [0.5, 0.6) is 0 Å². The molecule has 1 amide bonds. The molecule has 0 aliphatic carbocycles. The van der Waals surface area contributed by atoms with Gasteiger partial charge in [0.1, 0.15) is 24.6 Å². The fourth-order valence-electron chi connectivity index (χ4n) is 5.49. The van der Waals surface area contributed by atoms with E-state index in [0.29, 0.717) is 60.5 Å². The van der Waals surface area contributed by atoms with Gasteiger partial charge in [-0.3, -0.25) is 4.79 Å². The maximum Gasteiger partial charge on any atom is 0.416 e. The van der Waals surface area contributed by atoms with Gasteiger partial charge in [0.25, 0.3) is 0 Å². The number of anilines is 1. The zero-order chi connectivity index (χ0) is 27.2. The first-order valence-corrected chi connectivity index (χ1v) is 14.8. The van der Waals surface area contributed by atoms with Crippen LogP contribution in [-0.4, -0.2) is 46.2 Å². The van der Waals surface area contributed by atoms with Crippen molar-refractivity contribution in [3.05, 3.63) is 58.7 Å². The molecule has 0 unspecified atom stereocenters. The van der Waals surface area contributed by atoms with Crippen LogP contribution in [0.1, 0.15) is 55.2 Å². The van der Waals surface area contributed by atoms with Gasteiger partial charge >= 0.3 is 6.18 Å². The highest BCUT2D eigenvalue weighted by Crippen LogP contribution is 2.48. The quantitative estimate of drug-likeness (QED) is 0.313. The number of aryl methyl sites for hydroxylation is 1. The summed E-state index contributed by atoms with van der Waals surface area (Å²) in [6.45, 7) is 3.81. The minimum absolute atomic E-state index is 0.101. The summed E-state index contributed by atoms with van der Waals surface area (Å²) in [4.78, 5) is 22.5. The van der Waals surface area contributed by atoms with Crippen molar-refractivity contribution in [1.29, 1.82) is 0 Å². The molecule has 3 heterocycles. The van der Waals surface area contributed by atoms with Crippen LogP contribution in [0.3, 0.4) is 0 Å². The van der Waals surface area contributed by atoms with Crippen molar-refractivity contribution in [1.82, 2.24) is 14.9 Å². The molecule has 38 heavy (non-hydrogen) atoms. The first kappa shape index (κ1) is 26.6. The molecule has 11 heteroatoms. The maximum atomic E-state index is 15.4. The van der Waals surface area contributed by atoms with Gasteiger partial charge < -0.3 is 14.8 Å². The van der Waals surface area contributed by atoms with E-state index in [4.69, 9.17) is 0 Å². The molecule has 0 radical (unpaired) electrons. The number of fused-ring (bicyclic) bond motifs is 5. The highest BCUT2D eigenvalue weighted by Gasteiger charge is 2.36. The Labute approximate surface area is 218 Å². The van der Waals surface area contributed by atoms with Gasteiger partial charge in [-0.25, -0.2) is 14.4 Å². The van der Waals surface area contributed by atoms with Crippen LogP contribution in [0, 0.1) is 5.82 Å². The summed E-state index contributed by atoms with van der Waals surface area (Å²) >= 11 is 0. The lowest BCUT2D eigenvalue weighted by atomic mass is 9.92. The molecular formula is C27H29F4N4O2P. The Morgan fingerprint density at radius 3 is 2.50 bits per heavy atom. The molecule has 3 aromatic rings. The number of amides is 1. The van der Waals surface area contributed by atoms with E-state index < -0.39 is 30.7 Å². The fraction of sp³-hybridized carbons (Fsp3) is 0.444. The van der Waals surface area contributed by atoms with Gasteiger partial charge in [-0.05, 0) is 49.4 Å². The molecule has 1 atom stereocenters. The number of benzene rings is 2. The van der Waals surface area contributed by atoms with Gasteiger partial charge in [0.15, 0.2) is 0 Å². The van der Waals surface area contributed by atoms with Gasteiger partial charge in [-0.15, -0.1) is 0 Å². The summed E-state index contributed by atoms with van der Waals surface area (Å²) in [6, 6.07) is 6.49. The molecule has 6 nitrogen and oxygen atoms in total. The molecule has 2 aromatic carbocycles. The first-order valence-electron chi connectivity index (χ1n) is 12.8. The zero-order valence-electron chi connectivity index (χ0n) is 21.2. The Balaban J connectivity index is 1.59. The first-order chi connectivity index (χ1) is 18.0. The largest absolute Gasteiger partial charge is 0.416 e. The van der Waals surface area contributed by atoms with Crippen LogP contribution < -0.4 is 10.6 Å². The van der Waals surface area contributed by atoms with Crippen LogP contribution in [0.15, 0.2) is 30.3 Å². The molecule has 1 fully saturated rings. The van der Waals surface area contributed by atoms with Crippen molar-refractivity contribution in [3.63, 3.8) is 0 Å². The van der Waals surface area contributed by atoms with E-state index in [-0.39, 0.29) is 35.5 Å². The number of nitrogens with zero attached hydrogens (tertiary/aromatic N) is 3. The normalized spacial score (nSPS) is 19.8. The van der Waals surface area contributed by atoms with Gasteiger partial charge in [0.2, 0.25) is 5.91 Å². The van der Waals surface area contributed by atoms with Crippen LogP contribution in [0.4, 0.5) is 23.4 Å². The lowest BCUT2D eigenvalue weighted by Gasteiger charge is -2.32. The highest BCUT2D eigenvalue weighted by molar-refractivity contribution is 7.71. The second-order valence-corrected chi connectivity index (χ2v) is 13.3. The van der Waals surface area contributed by atoms with E-state index in [1.165, 1.54) is 25.1 Å². The monoisotopic (exact) mass is 548 g/mol. The number of aromatic nitrogens is 2. The van der Waals surface area contributed by atoms with Crippen LogP contribution >= 0.6 is 7.14 Å². The molecule has 2 aliphatic rings. The van der Waals surface area contributed by atoms with Crippen LogP contribution in [0.2, 0.25) is 0 Å². The Hall–Kier alpha value is -3.00. The van der Waals surface area contributed by atoms with E-state index in [9.17, 15) is 22.5 Å². The lowest BCUT2D eigenvalue weighted by Crippen LogP contribution is -2.40. The van der Waals surface area contributed by atoms with Crippen molar-refractivity contribution < 1.29 is 26.9 Å². The topological polar surface area (TPSA) is 75.2 Å². The Morgan fingerprint density at radius 2 is 1.82 bits per heavy atom. The zero-order valence-corrected chi connectivity index (χ0v) is 22.1. The molecule has 5 rings (SSSR count). The minimum atomic E-state index is -4.47. The number of carbonyl (C=O) groups is 1. The average Bonchev–Trinajstić information content (AvgIpc) is 2.87. The fourth-order valence-corrected chi connectivity index (χ4v) is 8.14. The molecule has 0 saturated carbocycles. The Bertz CT molecular complexity index is 1450. The predicted molar refractivity (Wildman–Crippen MR) is 139 cm³/mol. The van der Waals surface area contributed by atoms with E-state index in [1.54, 1.807) is 17.9 Å². The molecule has 1 N–H and O–H groups in total. The van der Waals surface area contributed by atoms with Crippen molar-refractivity contribution >= 4 is 35.1 Å². The van der Waals surface area contributed by atoms with Gasteiger partial charge in [-0.1, -0.05) is 12.1 Å². The molecule has 1 aromatic heterocycles. The number of hydrogen-bond acceptors (Lipinski definition) is 5. The summed E-state index contributed by atoms with van der Waals surface area (Å²) in [5, 5.41) is 3.83. The van der Waals surface area contributed by atoms with Crippen molar-refractivity contribution in [2.24, 2.45) is 0 Å². The molecule has 0 spiro atoms. The number of halogens is 4. The summed E-state index contributed by atoms with van der Waals surface area (Å²) in [7, 11) is -3.12. The minimum Gasteiger partial charge on any atom is -0.363 e. The lowest BCUT2D eigenvalue weighted by molar-refractivity contribution is -0.138. The summed E-state index contributed by atoms with van der Waals surface area (Å²) in [6.07, 6.45) is -2.30.